The minimum Gasteiger partial charge on any atom is -0.496 e. The van der Waals surface area contributed by atoms with E-state index in [9.17, 15) is 4.79 Å². The molecule has 29 heavy (non-hydrogen) atoms. The Bertz CT molecular complexity index is 1230. The van der Waals surface area contributed by atoms with Crippen LogP contribution in [-0.2, 0) is 6.61 Å². The minimum atomic E-state index is -0.0534. The Morgan fingerprint density at radius 2 is 1.76 bits per heavy atom. The quantitative estimate of drug-likeness (QED) is 0.367. The maximum absolute atomic E-state index is 13.1. The molecule has 0 amide bonds. The van der Waals surface area contributed by atoms with Crippen molar-refractivity contribution in [2.24, 2.45) is 0 Å². The maximum atomic E-state index is 13.1. The summed E-state index contributed by atoms with van der Waals surface area (Å²) in [4.78, 5) is 13.1. The zero-order valence-corrected chi connectivity index (χ0v) is 17.7. The Hall–Kier alpha value is -3.05. The monoisotopic (exact) mass is 450 g/mol. The molecular formula is C24H19BrO4. The first-order valence-corrected chi connectivity index (χ1v) is 9.94. The van der Waals surface area contributed by atoms with Gasteiger partial charge in [0.25, 0.3) is 0 Å². The topological polar surface area (TPSA) is 48.7 Å². The molecule has 0 aliphatic heterocycles. The van der Waals surface area contributed by atoms with Crippen LogP contribution in [0, 0.1) is 6.92 Å². The predicted molar refractivity (Wildman–Crippen MR) is 118 cm³/mol. The van der Waals surface area contributed by atoms with Crippen molar-refractivity contribution in [3.05, 3.63) is 92.7 Å². The fraction of sp³-hybridized carbons (Fsp3) is 0.125. The van der Waals surface area contributed by atoms with Gasteiger partial charge in [0.2, 0.25) is 5.43 Å². The largest absolute Gasteiger partial charge is 0.496 e. The smallest absolute Gasteiger partial charge is 0.200 e. The number of aryl methyl sites for hydroxylation is 1. The van der Waals surface area contributed by atoms with Gasteiger partial charge in [0.15, 0.2) is 0 Å². The van der Waals surface area contributed by atoms with Crippen molar-refractivity contribution >= 4 is 26.9 Å². The molecule has 0 aliphatic carbocycles. The van der Waals surface area contributed by atoms with Crippen LogP contribution in [0.4, 0.5) is 0 Å². The summed E-state index contributed by atoms with van der Waals surface area (Å²) in [5, 5.41) is 0.526. The van der Waals surface area contributed by atoms with Crippen LogP contribution in [0.1, 0.15) is 11.3 Å². The van der Waals surface area contributed by atoms with Gasteiger partial charge in [0, 0.05) is 16.1 Å². The van der Waals surface area contributed by atoms with Gasteiger partial charge in [0.1, 0.15) is 29.4 Å². The van der Waals surface area contributed by atoms with E-state index in [1.165, 1.54) is 0 Å². The van der Waals surface area contributed by atoms with E-state index >= 15 is 0 Å². The summed E-state index contributed by atoms with van der Waals surface area (Å²) in [6.45, 7) is 2.16. The summed E-state index contributed by atoms with van der Waals surface area (Å²) < 4.78 is 18.2. The highest BCUT2D eigenvalue weighted by atomic mass is 79.9. The van der Waals surface area contributed by atoms with Crippen molar-refractivity contribution in [2.75, 3.05) is 7.11 Å². The Kier molecular flexibility index (Phi) is 5.41. The van der Waals surface area contributed by atoms with E-state index < -0.39 is 0 Å². The maximum Gasteiger partial charge on any atom is 0.200 e. The second kappa shape index (κ2) is 8.13. The molecule has 3 aromatic carbocycles. The molecule has 5 heteroatoms. The number of hydrogen-bond acceptors (Lipinski definition) is 4. The van der Waals surface area contributed by atoms with E-state index in [0.29, 0.717) is 34.6 Å². The second-order valence-corrected chi connectivity index (χ2v) is 7.54. The molecule has 0 radical (unpaired) electrons. The lowest BCUT2D eigenvalue weighted by atomic mass is 10.0. The summed E-state index contributed by atoms with van der Waals surface area (Å²) in [6, 6.07) is 20.6. The van der Waals surface area contributed by atoms with Crippen LogP contribution in [-0.4, -0.2) is 7.11 Å². The molecule has 4 rings (SSSR count). The van der Waals surface area contributed by atoms with Crippen LogP contribution in [0.25, 0.3) is 22.1 Å². The second-order valence-electron chi connectivity index (χ2n) is 6.63. The number of para-hydroxylation sites is 1. The number of rotatable bonds is 5. The Balaban J connectivity index is 1.67. The highest BCUT2D eigenvalue weighted by molar-refractivity contribution is 9.10. The van der Waals surface area contributed by atoms with Gasteiger partial charge >= 0.3 is 0 Å². The van der Waals surface area contributed by atoms with E-state index in [-0.39, 0.29) is 5.43 Å². The van der Waals surface area contributed by atoms with Gasteiger partial charge < -0.3 is 13.9 Å². The van der Waals surface area contributed by atoms with Crippen molar-refractivity contribution in [3.8, 4) is 22.6 Å². The van der Waals surface area contributed by atoms with Gasteiger partial charge in [-0.05, 0) is 42.8 Å². The SMILES string of the molecule is COc1ccccc1COc1ccc2c(=O)c(-c3ccc(Br)cc3)c(C)oc2c1. The van der Waals surface area contributed by atoms with Crippen molar-refractivity contribution in [1.82, 2.24) is 0 Å². The zero-order chi connectivity index (χ0) is 20.4. The molecule has 1 aromatic heterocycles. The Labute approximate surface area is 176 Å². The molecule has 0 N–H and O–H groups in total. The van der Waals surface area contributed by atoms with Gasteiger partial charge in [-0.3, -0.25) is 4.79 Å². The third-order valence-corrected chi connectivity index (χ3v) is 5.29. The summed E-state index contributed by atoms with van der Waals surface area (Å²) in [5.41, 5.74) is 2.80. The third kappa shape index (κ3) is 3.91. The van der Waals surface area contributed by atoms with Crippen LogP contribution in [0.3, 0.4) is 0 Å². The van der Waals surface area contributed by atoms with Crippen molar-refractivity contribution < 1.29 is 13.9 Å². The molecule has 0 saturated heterocycles. The fourth-order valence-electron chi connectivity index (χ4n) is 3.31. The number of benzene rings is 3. The van der Waals surface area contributed by atoms with Crippen LogP contribution >= 0.6 is 15.9 Å². The fourth-order valence-corrected chi connectivity index (χ4v) is 3.57. The standard InChI is InChI=1S/C24H19BrO4/c1-15-23(16-7-9-18(25)10-8-16)24(26)20-12-11-19(13-22(20)29-15)28-14-17-5-3-4-6-21(17)27-2/h3-13H,14H2,1-2H3. The lowest BCUT2D eigenvalue weighted by Gasteiger charge is -2.11. The molecule has 0 unspecified atom stereocenters. The summed E-state index contributed by atoms with van der Waals surface area (Å²) in [6.07, 6.45) is 0. The molecule has 1 heterocycles. The van der Waals surface area contributed by atoms with E-state index in [2.05, 4.69) is 15.9 Å². The van der Waals surface area contributed by atoms with Gasteiger partial charge in [0.05, 0.1) is 18.1 Å². The average molecular weight is 451 g/mol. The van der Waals surface area contributed by atoms with E-state index in [4.69, 9.17) is 13.9 Å². The van der Waals surface area contributed by atoms with Crippen LogP contribution < -0.4 is 14.9 Å². The molecule has 0 saturated carbocycles. The van der Waals surface area contributed by atoms with Gasteiger partial charge in [-0.15, -0.1) is 0 Å². The first-order valence-electron chi connectivity index (χ1n) is 9.15. The number of hydrogen-bond donors (Lipinski definition) is 0. The van der Waals surface area contributed by atoms with Crippen LogP contribution in [0.2, 0.25) is 0 Å². The zero-order valence-electron chi connectivity index (χ0n) is 16.1. The highest BCUT2D eigenvalue weighted by Crippen LogP contribution is 2.28. The summed E-state index contributed by atoms with van der Waals surface area (Å²) >= 11 is 3.42. The summed E-state index contributed by atoms with van der Waals surface area (Å²) in [7, 11) is 1.63. The van der Waals surface area contributed by atoms with Gasteiger partial charge in [-0.25, -0.2) is 0 Å². The average Bonchev–Trinajstić information content (AvgIpc) is 2.73. The predicted octanol–water partition coefficient (Wildman–Crippen LogP) is 6.12. The summed E-state index contributed by atoms with van der Waals surface area (Å²) in [5.74, 6) is 1.98. The Morgan fingerprint density at radius 3 is 2.52 bits per heavy atom. The number of fused-ring (bicyclic) bond motifs is 1. The number of ether oxygens (including phenoxy) is 2. The molecule has 146 valence electrons. The van der Waals surface area contributed by atoms with Gasteiger partial charge in [-0.2, -0.15) is 0 Å². The molecule has 0 spiro atoms. The molecule has 0 atom stereocenters. The van der Waals surface area contributed by atoms with Crippen molar-refractivity contribution in [2.45, 2.75) is 13.5 Å². The van der Waals surface area contributed by atoms with E-state index in [1.807, 2.05) is 48.5 Å². The van der Waals surface area contributed by atoms with E-state index in [0.717, 1.165) is 21.3 Å². The molecular weight excluding hydrogens is 432 g/mol. The first kappa shape index (κ1) is 19.3. The molecule has 0 fully saturated rings. The highest BCUT2D eigenvalue weighted by Gasteiger charge is 2.14. The molecule has 4 nitrogen and oxygen atoms in total. The molecule has 0 aliphatic rings. The first-order chi connectivity index (χ1) is 14.1. The van der Waals surface area contributed by atoms with E-state index in [1.54, 1.807) is 32.2 Å². The lowest BCUT2D eigenvalue weighted by Crippen LogP contribution is -2.07. The van der Waals surface area contributed by atoms with Gasteiger partial charge in [-0.1, -0.05) is 46.3 Å². The molecule has 4 aromatic rings. The number of halogens is 1. The Morgan fingerprint density at radius 1 is 1.00 bits per heavy atom. The third-order valence-electron chi connectivity index (χ3n) is 4.76. The van der Waals surface area contributed by atoms with Crippen LogP contribution in [0.15, 0.2) is 80.4 Å². The van der Waals surface area contributed by atoms with Crippen LogP contribution in [0.5, 0.6) is 11.5 Å². The van der Waals surface area contributed by atoms with Crippen molar-refractivity contribution in [1.29, 1.82) is 0 Å². The lowest BCUT2D eigenvalue weighted by molar-refractivity contribution is 0.296. The number of methoxy groups -OCH3 is 1. The van der Waals surface area contributed by atoms with Crippen molar-refractivity contribution in [3.63, 3.8) is 0 Å². The minimum absolute atomic E-state index is 0.0534. The molecule has 0 bridgehead atoms. The normalized spacial score (nSPS) is 10.9.